The average Bonchev–Trinajstić information content (AvgIpc) is 3.49. The third-order valence-electron chi connectivity index (χ3n) is 9.61. The molecule has 0 spiro atoms. The minimum Gasteiger partial charge on any atom is -0.544 e. The Labute approximate surface area is 314 Å². The van der Waals surface area contributed by atoms with E-state index in [1.54, 1.807) is 0 Å². The number of fused-ring (bicyclic) bond motifs is 1. The molecule has 4 heterocycles. The van der Waals surface area contributed by atoms with E-state index in [9.17, 15) is 75.0 Å². The van der Waals surface area contributed by atoms with Crippen LogP contribution in [0.15, 0.2) is 35.6 Å². The number of ether oxygens (including phenoxy) is 5. The maximum atomic E-state index is 12.3. The number of benzene rings is 1. The van der Waals surface area contributed by atoms with Crippen molar-refractivity contribution in [1.82, 2.24) is 5.32 Å². The van der Waals surface area contributed by atoms with Crippen LogP contribution < -0.4 is 20.1 Å². The number of aliphatic hydroxyl groups is 6. The van der Waals surface area contributed by atoms with Crippen molar-refractivity contribution < 1.29 is 109 Å². The van der Waals surface area contributed by atoms with E-state index in [1.807, 2.05) is 0 Å². The monoisotopic (exact) mass is 800 g/mol. The number of aromatic hydroxyl groups is 1. The summed E-state index contributed by atoms with van der Waals surface area (Å²) in [6.45, 7) is -1.98. The summed E-state index contributed by atoms with van der Waals surface area (Å²) in [5.41, 5.74) is 0.390. The van der Waals surface area contributed by atoms with Crippen LogP contribution in [0.4, 0.5) is 5.69 Å². The van der Waals surface area contributed by atoms with Crippen molar-refractivity contribution in [3.05, 3.63) is 41.1 Å². The van der Waals surface area contributed by atoms with Crippen LogP contribution in [0.2, 0.25) is 0 Å². The second-order valence-corrected chi connectivity index (χ2v) is 13.3. The number of aliphatic hydroxyl groups excluding tert-OH is 6. The van der Waals surface area contributed by atoms with E-state index in [0.29, 0.717) is 0 Å². The Morgan fingerprint density at radius 1 is 0.893 bits per heavy atom. The van der Waals surface area contributed by atoms with Crippen molar-refractivity contribution in [2.75, 3.05) is 19.8 Å². The molecule has 1 aromatic carbocycles. The molecule has 56 heavy (non-hydrogen) atoms. The van der Waals surface area contributed by atoms with Gasteiger partial charge in [-0.25, -0.2) is 9.59 Å². The number of rotatable bonds is 14. The molecule has 4 aliphatic rings. The fourth-order valence-corrected chi connectivity index (χ4v) is 6.80. The minimum atomic E-state index is -2.09. The standard InChI is InChI=1S/C33H40N2O21/c36-9-19-23(42)24(43)25(44)32(53-19)56-28-26(45)27(55-22(41)8-21(39)40)20(10-37)54-33(28)52-18-6-12-5-16(31(50)51)35(15(12)7-17(18)38)2-1-11-3-13(29(46)47)34-14(4-11)30(48)49/h1,3,6-7,14,16,19-20,23-28,32-34,36-38,42-45H,2,4-5,8-10H2,(H,39,40)(H,46,47)(H,48,49)(H,50,51). The first kappa shape index (κ1) is 42.2. The van der Waals surface area contributed by atoms with Gasteiger partial charge in [-0.05, 0) is 23.8 Å². The van der Waals surface area contributed by atoms with Gasteiger partial charge in [0.15, 0.2) is 30.0 Å². The van der Waals surface area contributed by atoms with Crippen LogP contribution in [0, 0.1) is 0 Å². The summed E-state index contributed by atoms with van der Waals surface area (Å²) in [5, 5.41) is 116. The SMILES string of the molecule is O=C(O)CC(=O)OC1C(CO)OC(Oc2cc3c(cc2O)[NH+](CC=C2C=C(C(=O)O)NC(C(=O)O)C2)C(C(=O)[O-])C3)C(OC2OC(CO)C(O)C(O)C2O)C1O. The van der Waals surface area contributed by atoms with E-state index in [1.165, 1.54) is 18.2 Å². The van der Waals surface area contributed by atoms with Crippen LogP contribution in [0.25, 0.3) is 0 Å². The van der Waals surface area contributed by atoms with Gasteiger partial charge in [-0.2, -0.15) is 0 Å². The molecule has 308 valence electrons. The molecule has 13 unspecified atom stereocenters. The average molecular weight is 801 g/mol. The molecule has 0 aromatic heterocycles. The van der Waals surface area contributed by atoms with Crippen LogP contribution in [0.1, 0.15) is 18.4 Å². The molecule has 4 aliphatic heterocycles. The summed E-state index contributed by atoms with van der Waals surface area (Å²) >= 11 is 0. The summed E-state index contributed by atoms with van der Waals surface area (Å²) < 4.78 is 27.7. The molecule has 1 aromatic rings. The molecule has 12 N–H and O–H groups in total. The number of carbonyl (C=O) groups excluding carboxylic acids is 2. The molecule has 0 radical (unpaired) electrons. The van der Waals surface area contributed by atoms with Gasteiger partial charge in [-0.15, -0.1) is 0 Å². The second kappa shape index (κ2) is 17.5. The molecule has 2 fully saturated rings. The maximum absolute atomic E-state index is 12.3. The lowest BCUT2D eigenvalue weighted by atomic mass is 9.97. The number of carbonyl (C=O) groups is 5. The van der Waals surface area contributed by atoms with Crippen LogP contribution in [0.5, 0.6) is 11.5 Å². The van der Waals surface area contributed by atoms with Crippen molar-refractivity contribution in [3.63, 3.8) is 0 Å². The number of esters is 1. The zero-order valence-corrected chi connectivity index (χ0v) is 28.9. The van der Waals surface area contributed by atoms with Gasteiger partial charge in [0.1, 0.15) is 79.0 Å². The van der Waals surface area contributed by atoms with Gasteiger partial charge in [0.2, 0.25) is 6.29 Å². The van der Waals surface area contributed by atoms with Crippen molar-refractivity contribution in [2.45, 2.75) is 92.8 Å². The highest BCUT2D eigenvalue weighted by molar-refractivity contribution is 5.90. The molecule has 23 heteroatoms. The third-order valence-corrected chi connectivity index (χ3v) is 9.61. The molecule has 0 amide bonds. The number of phenolic OH excluding ortho intramolecular Hbond substituents is 1. The lowest BCUT2D eigenvalue weighted by molar-refractivity contribution is -0.840. The third kappa shape index (κ3) is 9.02. The number of carboxylic acids is 4. The Morgan fingerprint density at radius 3 is 2.18 bits per heavy atom. The zero-order valence-electron chi connectivity index (χ0n) is 28.9. The van der Waals surface area contributed by atoms with Crippen molar-refractivity contribution in [1.29, 1.82) is 0 Å². The summed E-state index contributed by atoms with van der Waals surface area (Å²) in [6.07, 6.45) is -17.5. The van der Waals surface area contributed by atoms with Crippen molar-refractivity contribution >= 4 is 35.5 Å². The molecule has 0 bridgehead atoms. The second-order valence-electron chi connectivity index (χ2n) is 13.3. The van der Waals surface area contributed by atoms with Crippen molar-refractivity contribution in [3.8, 4) is 11.5 Å². The Hall–Kier alpha value is -4.95. The van der Waals surface area contributed by atoms with Crippen molar-refractivity contribution in [2.24, 2.45) is 0 Å². The van der Waals surface area contributed by atoms with Crippen LogP contribution >= 0.6 is 0 Å². The summed E-state index contributed by atoms with van der Waals surface area (Å²) in [6, 6.07) is -0.200. The van der Waals surface area contributed by atoms with E-state index in [2.05, 4.69) is 5.32 Å². The Kier molecular flexibility index (Phi) is 13.2. The minimum absolute atomic E-state index is 0.131. The molecule has 0 aliphatic carbocycles. The smallest absolute Gasteiger partial charge is 0.351 e. The molecule has 13 atom stereocenters. The number of hydrogen-bond donors (Lipinski definition) is 12. The first-order valence-corrected chi connectivity index (χ1v) is 17.0. The van der Waals surface area contributed by atoms with E-state index in [0.717, 1.165) is 6.07 Å². The highest BCUT2D eigenvalue weighted by Crippen LogP contribution is 2.38. The van der Waals surface area contributed by atoms with Gasteiger partial charge in [-0.1, -0.05) is 0 Å². The Balaban J connectivity index is 1.45. The lowest BCUT2D eigenvalue weighted by Gasteiger charge is -2.46. The number of carboxylic acid groups (broad SMARTS) is 4. The van der Waals surface area contributed by atoms with Gasteiger partial charge in [-0.3, -0.25) is 14.5 Å². The summed E-state index contributed by atoms with van der Waals surface area (Å²) in [7, 11) is 0. The van der Waals surface area contributed by atoms with Crippen LogP contribution in [-0.2, 0) is 49.3 Å². The first-order chi connectivity index (χ1) is 26.4. The molecule has 0 saturated carbocycles. The molecule has 5 rings (SSSR count). The fraction of sp³-hybridized carbons (Fsp3) is 0.545. The predicted molar refractivity (Wildman–Crippen MR) is 172 cm³/mol. The maximum Gasteiger partial charge on any atom is 0.351 e. The quantitative estimate of drug-likeness (QED) is 0.0614. The van der Waals surface area contributed by atoms with Crippen LogP contribution in [-0.4, -0.2) is 174 Å². The van der Waals surface area contributed by atoms with Gasteiger partial charge in [0.05, 0.1) is 13.2 Å². The summed E-state index contributed by atoms with van der Waals surface area (Å²) in [4.78, 5) is 59.0. The van der Waals surface area contributed by atoms with Crippen LogP contribution in [0.3, 0.4) is 0 Å². The van der Waals surface area contributed by atoms with Gasteiger partial charge >= 0.3 is 23.9 Å². The lowest BCUT2D eigenvalue weighted by Crippen LogP contribution is -3.11. The topological polar surface area (TPSA) is 373 Å². The Morgan fingerprint density at radius 2 is 1.57 bits per heavy atom. The molecule has 23 nitrogen and oxygen atoms in total. The Bertz CT molecular complexity index is 1750. The molecular formula is C33H40N2O21. The number of quaternary nitrogens is 1. The highest BCUT2D eigenvalue weighted by atomic mass is 16.8. The van der Waals surface area contributed by atoms with E-state index < -0.39 is 134 Å². The van der Waals surface area contributed by atoms with E-state index in [4.69, 9.17) is 28.8 Å². The van der Waals surface area contributed by atoms with Gasteiger partial charge in [0.25, 0.3) is 0 Å². The number of allylic oxidation sites excluding steroid dienone is 1. The predicted octanol–water partition coefficient (Wildman–Crippen LogP) is -7.05. The molecular weight excluding hydrogens is 760 g/mol. The van der Waals surface area contributed by atoms with Gasteiger partial charge < -0.3 is 90.0 Å². The van der Waals surface area contributed by atoms with E-state index >= 15 is 0 Å². The fourth-order valence-electron chi connectivity index (χ4n) is 6.80. The normalized spacial score (nSPS) is 34.8. The number of hydrogen-bond acceptors (Lipinski definition) is 19. The number of phenols is 1. The highest BCUT2D eigenvalue weighted by Gasteiger charge is 2.53. The first-order valence-electron chi connectivity index (χ1n) is 17.0. The number of aliphatic carboxylic acids is 4. The zero-order chi connectivity index (χ0) is 41.2. The number of nitrogens with one attached hydrogen (secondary N) is 2. The van der Waals surface area contributed by atoms with E-state index in [-0.39, 0.29) is 46.8 Å². The molecule has 2 saturated heterocycles. The van der Waals surface area contributed by atoms with Gasteiger partial charge in [0, 0.05) is 24.5 Å². The summed E-state index contributed by atoms with van der Waals surface area (Å²) in [5.74, 6) is -8.26. The largest absolute Gasteiger partial charge is 0.544 e.